The molecular formula is C18H15N3O4. The molecule has 0 unspecified atom stereocenters. The minimum atomic E-state index is -1.04. The van der Waals surface area contributed by atoms with Crippen LogP contribution >= 0.6 is 0 Å². The molecule has 0 bridgehead atoms. The number of fused-ring (bicyclic) bond motifs is 5. The highest BCUT2D eigenvalue weighted by Crippen LogP contribution is 2.23. The molecule has 4 aromatic rings. The fourth-order valence-corrected chi connectivity index (χ4v) is 3.10. The number of carboxylic acid groups (broad SMARTS) is 1. The number of rotatable bonds is 4. The Morgan fingerprint density at radius 1 is 1.20 bits per heavy atom. The third-order valence-electron chi connectivity index (χ3n) is 4.28. The summed E-state index contributed by atoms with van der Waals surface area (Å²) >= 11 is 0. The molecule has 0 spiro atoms. The lowest BCUT2D eigenvalue weighted by Crippen LogP contribution is -2.28. The smallest absolute Gasteiger partial charge is 0.335 e. The molecule has 25 heavy (non-hydrogen) atoms. The third-order valence-corrected chi connectivity index (χ3v) is 4.28. The summed E-state index contributed by atoms with van der Waals surface area (Å²) in [6.07, 6.45) is 0. The van der Waals surface area contributed by atoms with E-state index in [9.17, 15) is 14.7 Å². The van der Waals surface area contributed by atoms with Crippen molar-refractivity contribution in [3.05, 3.63) is 58.5 Å². The third kappa shape index (κ3) is 2.28. The lowest BCUT2D eigenvalue weighted by Gasteiger charge is -2.12. The van der Waals surface area contributed by atoms with Crippen molar-refractivity contribution in [1.29, 1.82) is 0 Å². The summed E-state index contributed by atoms with van der Waals surface area (Å²) in [6.45, 7) is 0.655. The van der Waals surface area contributed by atoms with Crippen molar-refractivity contribution in [2.75, 3.05) is 13.7 Å². The Balaban J connectivity index is 2.20. The molecule has 0 amide bonds. The molecule has 0 atom stereocenters. The van der Waals surface area contributed by atoms with Crippen LogP contribution in [-0.2, 0) is 11.3 Å². The van der Waals surface area contributed by atoms with Crippen LogP contribution in [0.1, 0.15) is 10.4 Å². The zero-order valence-corrected chi connectivity index (χ0v) is 13.5. The van der Waals surface area contributed by atoms with Crippen LogP contribution in [0.4, 0.5) is 0 Å². The Hall–Kier alpha value is -3.19. The number of benzene rings is 2. The molecule has 0 radical (unpaired) electrons. The molecule has 126 valence electrons. The van der Waals surface area contributed by atoms with Crippen LogP contribution in [0.15, 0.2) is 47.3 Å². The van der Waals surface area contributed by atoms with E-state index < -0.39 is 5.97 Å². The number of imidazole rings is 1. The second kappa shape index (κ2) is 5.71. The molecule has 0 aliphatic heterocycles. The van der Waals surface area contributed by atoms with Gasteiger partial charge in [-0.05, 0) is 30.3 Å². The first kappa shape index (κ1) is 15.3. The number of carbonyl (C=O) groups is 1. The van der Waals surface area contributed by atoms with Gasteiger partial charge < -0.3 is 9.84 Å². The van der Waals surface area contributed by atoms with Gasteiger partial charge in [0.05, 0.1) is 35.3 Å². The highest BCUT2D eigenvalue weighted by atomic mass is 16.5. The van der Waals surface area contributed by atoms with Crippen molar-refractivity contribution < 1.29 is 14.6 Å². The van der Waals surface area contributed by atoms with E-state index in [-0.39, 0.29) is 11.3 Å². The van der Waals surface area contributed by atoms with Crippen LogP contribution in [-0.4, -0.2) is 38.7 Å². The summed E-state index contributed by atoms with van der Waals surface area (Å²) in [5.41, 5.74) is 2.34. The van der Waals surface area contributed by atoms with Gasteiger partial charge in [-0.1, -0.05) is 12.1 Å². The predicted octanol–water partition coefficient (Wildman–Crippen LogP) is 2.15. The van der Waals surface area contributed by atoms with E-state index in [4.69, 9.17) is 4.74 Å². The van der Waals surface area contributed by atoms with Gasteiger partial charge >= 0.3 is 11.7 Å². The zero-order valence-electron chi connectivity index (χ0n) is 13.5. The summed E-state index contributed by atoms with van der Waals surface area (Å²) in [5, 5.41) is 9.99. The van der Waals surface area contributed by atoms with E-state index in [1.165, 1.54) is 16.7 Å². The minimum Gasteiger partial charge on any atom is -0.478 e. The molecule has 2 aromatic heterocycles. The second-order valence-corrected chi connectivity index (χ2v) is 5.72. The van der Waals surface area contributed by atoms with Crippen molar-refractivity contribution in [2.24, 2.45) is 0 Å². The lowest BCUT2D eigenvalue weighted by atomic mass is 10.1. The molecule has 1 N–H and O–H groups in total. The maximum Gasteiger partial charge on any atom is 0.335 e. The van der Waals surface area contributed by atoms with Crippen molar-refractivity contribution in [1.82, 2.24) is 14.0 Å². The molecule has 0 aliphatic carbocycles. The Labute approximate surface area is 141 Å². The van der Waals surface area contributed by atoms with Gasteiger partial charge in [0, 0.05) is 12.5 Å². The van der Waals surface area contributed by atoms with Crippen LogP contribution in [0.3, 0.4) is 0 Å². The Bertz CT molecular complexity index is 1190. The number of methoxy groups -OCH3 is 1. The first-order chi connectivity index (χ1) is 12.1. The molecule has 0 saturated carbocycles. The van der Waals surface area contributed by atoms with Crippen molar-refractivity contribution in [3.63, 3.8) is 0 Å². The van der Waals surface area contributed by atoms with Gasteiger partial charge in [-0.15, -0.1) is 0 Å². The quantitative estimate of drug-likeness (QED) is 0.617. The summed E-state index contributed by atoms with van der Waals surface area (Å²) < 4.78 is 8.20. The highest BCUT2D eigenvalue weighted by molar-refractivity contribution is 6.00. The van der Waals surface area contributed by atoms with Gasteiger partial charge in [-0.25, -0.2) is 19.0 Å². The van der Waals surface area contributed by atoms with Gasteiger partial charge in [-0.2, -0.15) is 0 Å². The number of aromatic nitrogens is 3. The van der Waals surface area contributed by atoms with Crippen LogP contribution in [0.25, 0.3) is 27.6 Å². The Kier molecular flexibility index (Phi) is 3.51. The number of carboxylic acids is 1. The fourth-order valence-electron chi connectivity index (χ4n) is 3.10. The molecular weight excluding hydrogens is 322 g/mol. The van der Waals surface area contributed by atoms with Crippen LogP contribution < -0.4 is 5.69 Å². The van der Waals surface area contributed by atoms with Gasteiger partial charge in [-0.3, -0.25) is 4.57 Å². The summed E-state index contributed by atoms with van der Waals surface area (Å²) in [5.74, 6) is -1.04. The number of hydrogen-bond acceptors (Lipinski definition) is 4. The SMILES string of the molecule is COCCn1c(=O)n2c3ccccc3nc2c2ccc(C(=O)O)cc21. The van der Waals surface area contributed by atoms with E-state index in [0.29, 0.717) is 29.8 Å². The molecule has 7 nitrogen and oxygen atoms in total. The van der Waals surface area contributed by atoms with E-state index in [1.54, 1.807) is 17.6 Å². The average molecular weight is 337 g/mol. The standard InChI is InChI=1S/C18H15N3O4/c1-25-9-8-20-15-10-11(17(22)23)6-7-12(15)16-19-13-4-2-3-5-14(13)21(16)18(20)24/h2-7,10H,8-9H2,1H3,(H,22,23). The zero-order chi connectivity index (χ0) is 17.6. The first-order valence-corrected chi connectivity index (χ1v) is 7.78. The number of hydrogen-bond donors (Lipinski definition) is 1. The number of aromatic carboxylic acids is 1. The van der Waals surface area contributed by atoms with E-state index in [1.807, 2.05) is 24.3 Å². The minimum absolute atomic E-state index is 0.124. The maximum atomic E-state index is 13.1. The fraction of sp³-hybridized carbons (Fsp3) is 0.167. The number of para-hydroxylation sites is 2. The Morgan fingerprint density at radius 2 is 2.00 bits per heavy atom. The van der Waals surface area contributed by atoms with Gasteiger partial charge in [0.1, 0.15) is 0 Å². The van der Waals surface area contributed by atoms with E-state index in [0.717, 1.165) is 10.9 Å². The summed E-state index contributed by atoms with van der Waals surface area (Å²) in [7, 11) is 1.56. The molecule has 0 aliphatic rings. The van der Waals surface area contributed by atoms with Gasteiger partial charge in [0.15, 0.2) is 5.65 Å². The lowest BCUT2D eigenvalue weighted by molar-refractivity contribution is 0.0697. The van der Waals surface area contributed by atoms with Crippen LogP contribution in [0.2, 0.25) is 0 Å². The summed E-state index contributed by atoms with van der Waals surface area (Å²) in [4.78, 5) is 29.0. The Morgan fingerprint density at radius 3 is 2.76 bits per heavy atom. The topological polar surface area (TPSA) is 85.8 Å². The predicted molar refractivity (Wildman–Crippen MR) is 93.3 cm³/mol. The highest BCUT2D eigenvalue weighted by Gasteiger charge is 2.16. The van der Waals surface area contributed by atoms with Gasteiger partial charge in [0.2, 0.25) is 0 Å². The number of ether oxygens (including phenoxy) is 1. The van der Waals surface area contributed by atoms with Gasteiger partial charge in [0.25, 0.3) is 0 Å². The van der Waals surface area contributed by atoms with E-state index in [2.05, 4.69) is 4.98 Å². The molecule has 4 rings (SSSR count). The molecule has 0 fully saturated rings. The van der Waals surface area contributed by atoms with Crippen LogP contribution in [0, 0.1) is 0 Å². The van der Waals surface area contributed by atoms with Crippen molar-refractivity contribution in [2.45, 2.75) is 6.54 Å². The second-order valence-electron chi connectivity index (χ2n) is 5.72. The van der Waals surface area contributed by atoms with Crippen molar-refractivity contribution >= 4 is 33.6 Å². The largest absolute Gasteiger partial charge is 0.478 e. The molecule has 2 aromatic carbocycles. The summed E-state index contributed by atoms with van der Waals surface area (Å²) in [6, 6.07) is 12.1. The molecule has 2 heterocycles. The van der Waals surface area contributed by atoms with E-state index >= 15 is 0 Å². The van der Waals surface area contributed by atoms with Crippen LogP contribution in [0.5, 0.6) is 0 Å². The maximum absolute atomic E-state index is 13.1. The normalized spacial score (nSPS) is 11.6. The van der Waals surface area contributed by atoms with Crippen molar-refractivity contribution in [3.8, 4) is 0 Å². The molecule has 7 heteroatoms. The molecule has 0 saturated heterocycles. The number of nitrogens with zero attached hydrogens (tertiary/aromatic N) is 3. The first-order valence-electron chi connectivity index (χ1n) is 7.78. The monoisotopic (exact) mass is 337 g/mol. The average Bonchev–Trinajstić information content (AvgIpc) is 3.01.